The van der Waals surface area contributed by atoms with Crippen LogP contribution in [0, 0.1) is 7.14 Å². The summed E-state index contributed by atoms with van der Waals surface area (Å²) in [5.74, 6) is 0. The van der Waals surface area contributed by atoms with Gasteiger partial charge in [0.15, 0.2) is 0 Å². The van der Waals surface area contributed by atoms with Crippen LogP contribution in [0.15, 0.2) is 24.8 Å². The summed E-state index contributed by atoms with van der Waals surface area (Å²) in [5, 5.41) is 0. The van der Waals surface area contributed by atoms with Gasteiger partial charge in [0.1, 0.15) is 0 Å². The third-order valence-electron chi connectivity index (χ3n) is 1.20. The van der Waals surface area contributed by atoms with E-state index in [1.54, 1.807) is 0 Å². The zero-order chi connectivity index (χ0) is 7.56. The van der Waals surface area contributed by atoms with Gasteiger partial charge in [0.25, 0.3) is 0 Å². The molecule has 0 N–H and O–H groups in total. The van der Waals surface area contributed by atoms with Crippen molar-refractivity contribution in [2.24, 2.45) is 0 Å². The average molecular weight is 356 g/mol. The lowest BCUT2D eigenvalue weighted by Crippen LogP contribution is -1.82. The van der Waals surface area contributed by atoms with E-state index in [2.05, 4.69) is 70.0 Å². The molecule has 0 aliphatic heterocycles. The van der Waals surface area contributed by atoms with Crippen molar-refractivity contribution in [1.29, 1.82) is 0 Å². The van der Waals surface area contributed by atoms with Gasteiger partial charge in [-0.1, -0.05) is 18.7 Å². The Kier molecular flexibility index (Phi) is 3.16. The van der Waals surface area contributed by atoms with Crippen molar-refractivity contribution in [2.45, 2.75) is 0 Å². The van der Waals surface area contributed by atoms with E-state index >= 15 is 0 Å². The Bertz CT molecular complexity index is 233. The van der Waals surface area contributed by atoms with Crippen LogP contribution in [0.2, 0.25) is 0 Å². The van der Waals surface area contributed by atoms with Gasteiger partial charge in [-0.15, -0.1) is 0 Å². The SMILES string of the molecule is C=Cc1c(I)cccc1I. The zero-order valence-corrected chi connectivity index (χ0v) is 9.59. The highest BCUT2D eigenvalue weighted by Crippen LogP contribution is 2.19. The molecule has 0 saturated carbocycles. The van der Waals surface area contributed by atoms with Crippen LogP contribution in [0.4, 0.5) is 0 Å². The highest BCUT2D eigenvalue weighted by atomic mass is 127. The van der Waals surface area contributed by atoms with Crippen LogP contribution in [0.25, 0.3) is 6.08 Å². The Morgan fingerprint density at radius 1 is 1.20 bits per heavy atom. The lowest BCUT2D eigenvalue weighted by Gasteiger charge is -1.99. The molecule has 0 aliphatic rings. The van der Waals surface area contributed by atoms with Gasteiger partial charge in [-0.05, 0) is 57.3 Å². The maximum absolute atomic E-state index is 3.74. The average Bonchev–Trinajstić information content (AvgIpc) is 1.88. The van der Waals surface area contributed by atoms with Gasteiger partial charge in [-0.3, -0.25) is 0 Å². The summed E-state index contributed by atoms with van der Waals surface area (Å²) in [6.07, 6.45) is 1.89. The molecule has 1 aromatic rings. The maximum Gasteiger partial charge on any atom is 0.0213 e. The third-order valence-corrected chi connectivity index (χ3v) is 3.09. The van der Waals surface area contributed by atoms with Gasteiger partial charge in [-0.25, -0.2) is 0 Å². The van der Waals surface area contributed by atoms with Crippen molar-refractivity contribution >= 4 is 51.3 Å². The van der Waals surface area contributed by atoms with Gasteiger partial charge in [0, 0.05) is 12.7 Å². The summed E-state index contributed by atoms with van der Waals surface area (Å²) in [7, 11) is 0. The molecule has 0 spiro atoms. The van der Waals surface area contributed by atoms with Crippen LogP contribution in [-0.2, 0) is 0 Å². The smallest absolute Gasteiger partial charge is 0.0213 e. The molecule has 0 amide bonds. The molecule has 2 heteroatoms. The number of rotatable bonds is 1. The van der Waals surface area contributed by atoms with Crippen LogP contribution in [0.5, 0.6) is 0 Å². The topological polar surface area (TPSA) is 0 Å². The number of hydrogen-bond acceptors (Lipinski definition) is 0. The summed E-state index contributed by atoms with van der Waals surface area (Å²) < 4.78 is 2.53. The van der Waals surface area contributed by atoms with Gasteiger partial charge in [0.2, 0.25) is 0 Å². The van der Waals surface area contributed by atoms with Gasteiger partial charge in [-0.2, -0.15) is 0 Å². The van der Waals surface area contributed by atoms with E-state index in [0.717, 1.165) is 0 Å². The van der Waals surface area contributed by atoms with E-state index in [4.69, 9.17) is 0 Å². The largest absolute Gasteiger partial charge is 0.0984 e. The second kappa shape index (κ2) is 3.71. The molecule has 0 aliphatic carbocycles. The van der Waals surface area contributed by atoms with Crippen molar-refractivity contribution in [3.8, 4) is 0 Å². The first-order chi connectivity index (χ1) is 4.75. The lowest BCUT2D eigenvalue weighted by atomic mass is 10.2. The number of benzene rings is 1. The lowest BCUT2D eigenvalue weighted by molar-refractivity contribution is 1.55. The van der Waals surface area contributed by atoms with Crippen molar-refractivity contribution < 1.29 is 0 Å². The second-order valence-electron chi connectivity index (χ2n) is 1.84. The number of hydrogen-bond donors (Lipinski definition) is 0. The Hall–Kier alpha value is 0.420. The molecular formula is C8H6I2. The predicted octanol–water partition coefficient (Wildman–Crippen LogP) is 3.54. The van der Waals surface area contributed by atoms with Crippen LogP contribution >= 0.6 is 45.2 Å². The molecule has 0 unspecified atom stereocenters. The van der Waals surface area contributed by atoms with E-state index in [9.17, 15) is 0 Å². The van der Waals surface area contributed by atoms with Crippen molar-refractivity contribution in [2.75, 3.05) is 0 Å². The molecule has 1 aromatic carbocycles. The standard InChI is InChI=1S/C8H6I2/c1-2-6-7(9)4-3-5-8(6)10/h2-5H,1H2. The van der Waals surface area contributed by atoms with Crippen molar-refractivity contribution in [1.82, 2.24) is 0 Å². The van der Waals surface area contributed by atoms with E-state index in [-0.39, 0.29) is 0 Å². The minimum atomic E-state index is 1.24. The third kappa shape index (κ3) is 1.72. The van der Waals surface area contributed by atoms with Crippen LogP contribution in [-0.4, -0.2) is 0 Å². The first-order valence-corrected chi connectivity index (χ1v) is 4.98. The molecule has 1 rings (SSSR count). The first-order valence-electron chi connectivity index (χ1n) is 2.82. The molecular weight excluding hydrogens is 350 g/mol. The molecule has 0 heterocycles. The van der Waals surface area contributed by atoms with E-state index in [1.165, 1.54) is 12.7 Å². The van der Waals surface area contributed by atoms with E-state index < -0.39 is 0 Å². The van der Waals surface area contributed by atoms with Crippen LogP contribution in [0.1, 0.15) is 5.56 Å². The Labute approximate surface area is 88.0 Å². The molecule has 0 nitrogen and oxygen atoms in total. The highest BCUT2D eigenvalue weighted by Gasteiger charge is 1.97. The normalized spacial score (nSPS) is 9.40. The fourth-order valence-electron chi connectivity index (χ4n) is 0.706. The summed E-state index contributed by atoms with van der Waals surface area (Å²) in [6.45, 7) is 3.74. The monoisotopic (exact) mass is 356 g/mol. The summed E-state index contributed by atoms with van der Waals surface area (Å²) in [4.78, 5) is 0. The summed E-state index contributed by atoms with van der Waals surface area (Å²) in [5.41, 5.74) is 1.24. The minimum Gasteiger partial charge on any atom is -0.0984 e. The van der Waals surface area contributed by atoms with Gasteiger partial charge >= 0.3 is 0 Å². The molecule has 0 bridgehead atoms. The van der Waals surface area contributed by atoms with E-state index in [1.807, 2.05) is 6.08 Å². The van der Waals surface area contributed by atoms with Crippen molar-refractivity contribution in [3.05, 3.63) is 37.5 Å². The van der Waals surface area contributed by atoms with Gasteiger partial charge < -0.3 is 0 Å². The first kappa shape index (κ1) is 8.52. The molecule has 0 radical (unpaired) electrons. The summed E-state index contributed by atoms with van der Waals surface area (Å²) >= 11 is 4.62. The van der Waals surface area contributed by atoms with Crippen LogP contribution in [0.3, 0.4) is 0 Å². The second-order valence-corrected chi connectivity index (χ2v) is 4.16. The van der Waals surface area contributed by atoms with E-state index in [0.29, 0.717) is 0 Å². The fourth-order valence-corrected chi connectivity index (χ4v) is 2.66. The Morgan fingerprint density at radius 2 is 1.70 bits per heavy atom. The van der Waals surface area contributed by atoms with Crippen LogP contribution < -0.4 is 0 Å². The van der Waals surface area contributed by atoms with Crippen molar-refractivity contribution in [3.63, 3.8) is 0 Å². The molecule has 0 saturated heterocycles. The molecule has 0 aromatic heterocycles. The predicted molar refractivity (Wildman–Crippen MR) is 62.0 cm³/mol. The molecule has 0 fully saturated rings. The Morgan fingerprint density at radius 3 is 2.00 bits per heavy atom. The number of halogens is 2. The Balaban J connectivity index is 3.30. The molecule has 10 heavy (non-hydrogen) atoms. The highest BCUT2D eigenvalue weighted by molar-refractivity contribution is 14.1. The molecule has 0 atom stereocenters. The maximum atomic E-state index is 3.74. The molecule has 52 valence electrons. The fraction of sp³-hybridized carbons (Fsp3) is 0. The quantitative estimate of drug-likeness (QED) is 0.676. The zero-order valence-electron chi connectivity index (χ0n) is 5.27. The van der Waals surface area contributed by atoms with Gasteiger partial charge in [0.05, 0.1) is 0 Å². The minimum absolute atomic E-state index is 1.24. The summed E-state index contributed by atoms with van der Waals surface area (Å²) in [6, 6.07) is 6.22.